The molecule has 2 atom stereocenters. The fourth-order valence-corrected chi connectivity index (χ4v) is 3.67. The lowest BCUT2D eigenvalue weighted by molar-refractivity contribution is 0.303. The van der Waals surface area contributed by atoms with Crippen molar-refractivity contribution < 1.29 is 0 Å². The second kappa shape index (κ2) is 4.94. The molecule has 1 aliphatic carbocycles. The summed E-state index contributed by atoms with van der Waals surface area (Å²) in [5.74, 6) is 1.85. The average molecular weight is 261 g/mol. The van der Waals surface area contributed by atoms with Crippen LogP contribution < -0.4 is 5.73 Å². The van der Waals surface area contributed by atoms with E-state index in [1.807, 2.05) is 6.07 Å². The maximum atomic E-state index is 5.73. The van der Waals surface area contributed by atoms with Gasteiger partial charge in [0.1, 0.15) is 10.7 Å². The molecular formula is C14H19N3S. The molecule has 0 bridgehead atoms. The standard InChI is InChI=1S/C14H19N3S/c15-14(18)13-12(5-2-6-16-13)9-17-7-10-3-1-4-11(10)8-17/h2,5-6,10-11H,1,3-4,7-9H2,(H2,15,18). The fourth-order valence-electron chi connectivity index (χ4n) is 3.49. The van der Waals surface area contributed by atoms with Gasteiger partial charge in [-0.25, -0.2) is 0 Å². The smallest absolute Gasteiger partial charge is 0.123 e. The second-order valence-corrected chi connectivity index (χ2v) is 5.96. The number of rotatable bonds is 3. The Morgan fingerprint density at radius 1 is 1.39 bits per heavy atom. The molecular weight excluding hydrogens is 242 g/mol. The minimum Gasteiger partial charge on any atom is -0.388 e. The Labute approximate surface area is 113 Å². The van der Waals surface area contributed by atoms with Crippen molar-refractivity contribution in [2.75, 3.05) is 13.1 Å². The Morgan fingerprint density at radius 3 is 2.78 bits per heavy atom. The Bertz CT molecular complexity index is 448. The van der Waals surface area contributed by atoms with Crippen LogP contribution in [-0.4, -0.2) is 28.0 Å². The Hall–Kier alpha value is -1.00. The molecule has 2 fully saturated rings. The van der Waals surface area contributed by atoms with E-state index < -0.39 is 0 Å². The van der Waals surface area contributed by atoms with Crippen LogP contribution in [0.1, 0.15) is 30.5 Å². The lowest BCUT2D eigenvalue weighted by Crippen LogP contribution is -2.24. The van der Waals surface area contributed by atoms with Crippen LogP contribution in [0.25, 0.3) is 0 Å². The predicted molar refractivity (Wildman–Crippen MR) is 76.2 cm³/mol. The molecule has 18 heavy (non-hydrogen) atoms. The van der Waals surface area contributed by atoms with Crippen molar-refractivity contribution >= 4 is 17.2 Å². The summed E-state index contributed by atoms with van der Waals surface area (Å²) in [6, 6.07) is 4.06. The predicted octanol–water partition coefficient (Wildman–Crippen LogP) is 1.95. The number of thiocarbonyl (C=S) groups is 1. The van der Waals surface area contributed by atoms with Crippen LogP contribution in [0.5, 0.6) is 0 Å². The molecule has 0 spiro atoms. The Kier molecular flexibility index (Phi) is 3.31. The van der Waals surface area contributed by atoms with Crippen molar-refractivity contribution in [1.29, 1.82) is 0 Å². The van der Waals surface area contributed by atoms with E-state index >= 15 is 0 Å². The highest BCUT2D eigenvalue weighted by atomic mass is 32.1. The Balaban J connectivity index is 1.72. The number of hydrogen-bond acceptors (Lipinski definition) is 3. The van der Waals surface area contributed by atoms with Crippen LogP contribution in [0.4, 0.5) is 0 Å². The molecule has 1 aromatic heterocycles. The zero-order valence-electron chi connectivity index (χ0n) is 10.5. The lowest BCUT2D eigenvalue weighted by Gasteiger charge is -2.18. The fraction of sp³-hybridized carbons (Fsp3) is 0.571. The number of hydrogen-bond donors (Lipinski definition) is 1. The molecule has 1 saturated carbocycles. The first-order valence-electron chi connectivity index (χ1n) is 6.70. The van der Waals surface area contributed by atoms with Gasteiger partial charge in [0.2, 0.25) is 0 Å². The van der Waals surface area contributed by atoms with Crippen molar-refractivity contribution in [3.8, 4) is 0 Å². The van der Waals surface area contributed by atoms with Gasteiger partial charge in [-0.05, 0) is 36.3 Å². The number of nitrogens with zero attached hydrogens (tertiary/aromatic N) is 2. The molecule has 0 radical (unpaired) electrons. The molecule has 4 heteroatoms. The molecule has 2 unspecified atom stereocenters. The van der Waals surface area contributed by atoms with E-state index in [0.717, 1.165) is 24.1 Å². The highest BCUT2D eigenvalue weighted by molar-refractivity contribution is 7.80. The molecule has 1 aliphatic heterocycles. The minimum atomic E-state index is 0.407. The van der Waals surface area contributed by atoms with Crippen molar-refractivity contribution in [3.63, 3.8) is 0 Å². The van der Waals surface area contributed by atoms with Gasteiger partial charge in [0.05, 0.1) is 0 Å². The summed E-state index contributed by atoms with van der Waals surface area (Å²) in [4.78, 5) is 7.24. The largest absolute Gasteiger partial charge is 0.388 e. The van der Waals surface area contributed by atoms with Gasteiger partial charge in [-0.3, -0.25) is 9.88 Å². The van der Waals surface area contributed by atoms with Crippen molar-refractivity contribution in [2.45, 2.75) is 25.8 Å². The van der Waals surface area contributed by atoms with Gasteiger partial charge in [0.15, 0.2) is 0 Å². The normalized spacial score (nSPS) is 27.3. The monoisotopic (exact) mass is 261 g/mol. The number of likely N-dealkylation sites (tertiary alicyclic amines) is 1. The topological polar surface area (TPSA) is 42.1 Å². The molecule has 2 aliphatic rings. The molecule has 2 N–H and O–H groups in total. The zero-order chi connectivity index (χ0) is 12.5. The van der Waals surface area contributed by atoms with Crippen LogP contribution in [-0.2, 0) is 6.54 Å². The van der Waals surface area contributed by atoms with E-state index in [0.29, 0.717) is 4.99 Å². The van der Waals surface area contributed by atoms with E-state index in [-0.39, 0.29) is 0 Å². The van der Waals surface area contributed by atoms with E-state index in [9.17, 15) is 0 Å². The quantitative estimate of drug-likeness (QED) is 0.845. The molecule has 96 valence electrons. The first-order chi connectivity index (χ1) is 8.74. The number of aromatic nitrogens is 1. The third-order valence-corrected chi connectivity index (χ3v) is 4.51. The minimum absolute atomic E-state index is 0.407. The van der Waals surface area contributed by atoms with Gasteiger partial charge in [-0.15, -0.1) is 0 Å². The van der Waals surface area contributed by atoms with Crippen molar-refractivity contribution in [1.82, 2.24) is 9.88 Å². The summed E-state index contributed by atoms with van der Waals surface area (Å²) in [7, 11) is 0. The molecule has 1 saturated heterocycles. The SMILES string of the molecule is NC(=S)c1ncccc1CN1CC2CCCC2C1. The summed E-state index contributed by atoms with van der Waals surface area (Å²) in [5, 5.41) is 0. The summed E-state index contributed by atoms with van der Waals surface area (Å²) in [6.07, 6.45) is 6.01. The maximum Gasteiger partial charge on any atom is 0.123 e. The van der Waals surface area contributed by atoms with Crippen LogP contribution in [0, 0.1) is 11.8 Å². The molecule has 3 nitrogen and oxygen atoms in total. The maximum absolute atomic E-state index is 5.73. The third kappa shape index (κ3) is 2.27. The van der Waals surface area contributed by atoms with Crippen LogP contribution in [0.15, 0.2) is 18.3 Å². The first kappa shape index (κ1) is 12.1. The number of fused-ring (bicyclic) bond motifs is 1. The summed E-state index contributed by atoms with van der Waals surface area (Å²) >= 11 is 5.07. The van der Waals surface area contributed by atoms with E-state index in [4.69, 9.17) is 18.0 Å². The van der Waals surface area contributed by atoms with Gasteiger partial charge in [-0.2, -0.15) is 0 Å². The molecule has 0 amide bonds. The highest BCUT2D eigenvalue weighted by Crippen LogP contribution is 2.38. The number of pyridine rings is 1. The third-order valence-electron chi connectivity index (χ3n) is 4.32. The molecule has 0 aromatic carbocycles. The van der Waals surface area contributed by atoms with Gasteiger partial charge in [0, 0.05) is 25.8 Å². The van der Waals surface area contributed by atoms with Gasteiger partial charge >= 0.3 is 0 Å². The van der Waals surface area contributed by atoms with E-state index in [1.54, 1.807) is 6.20 Å². The average Bonchev–Trinajstić information content (AvgIpc) is 2.90. The second-order valence-electron chi connectivity index (χ2n) is 5.52. The van der Waals surface area contributed by atoms with Crippen LogP contribution >= 0.6 is 12.2 Å². The zero-order valence-corrected chi connectivity index (χ0v) is 11.3. The van der Waals surface area contributed by atoms with Gasteiger partial charge < -0.3 is 5.73 Å². The summed E-state index contributed by atoms with van der Waals surface area (Å²) in [5.41, 5.74) is 7.70. The van der Waals surface area contributed by atoms with Crippen molar-refractivity contribution in [2.24, 2.45) is 17.6 Å². The van der Waals surface area contributed by atoms with E-state index in [1.165, 1.54) is 37.9 Å². The lowest BCUT2D eigenvalue weighted by atomic mass is 10.0. The highest BCUT2D eigenvalue weighted by Gasteiger charge is 2.35. The number of nitrogens with two attached hydrogens (primary N) is 1. The first-order valence-corrected chi connectivity index (χ1v) is 7.11. The summed E-state index contributed by atoms with van der Waals surface area (Å²) < 4.78 is 0. The molecule has 2 heterocycles. The molecule has 1 aromatic rings. The van der Waals surface area contributed by atoms with Crippen LogP contribution in [0.2, 0.25) is 0 Å². The van der Waals surface area contributed by atoms with Crippen LogP contribution in [0.3, 0.4) is 0 Å². The van der Waals surface area contributed by atoms with Crippen molar-refractivity contribution in [3.05, 3.63) is 29.6 Å². The Morgan fingerprint density at radius 2 is 2.11 bits per heavy atom. The van der Waals surface area contributed by atoms with Gasteiger partial charge in [0.25, 0.3) is 0 Å². The van der Waals surface area contributed by atoms with Gasteiger partial charge in [-0.1, -0.05) is 24.7 Å². The molecule has 3 rings (SSSR count). The van der Waals surface area contributed by atoms with E-state index in [2.05, 4.69) is 16.0 Å². The summed E-state index contributed by atoms with van der Waals surface area (Å²) in [6.45, 7) is 3.40.